The van der Waals surface area contributed by atoms with Gasteiger partial charge in [-0.05, 0) is 75.1 Å². The first-order chi connectivity index (χ1) is 17.4. The first-order valence-electron chi connectivity index (χ1n) is 13.7. The van der Waals surface area contributed by atoms with Crippen molar-refractivity contribution in [3.05, 3.63) is 57.5 Å². The smallest absolute Gasteiger partial charge is 0.270 e. The quantitative estimate of drug-likeness (QED) is 0.721. The second-order valence-electron chi connectivity index (χ2n) is 12.2. The van der Waals surface area contributed by atoms with Crippen LogP contribution in [0.15, 0.2) is 35.1 Å². The van der Waals surface area contributed by atoms with Crippen LogP contribution in [-0.4, -0.2) is 63.2 Å². The van der Waals surface area contributed by atoms with E-state index >= 15 is 0 Å². The number of pyridine rings is 1. The molecular weight excluding hydrogens is 454 g/mol. The number of phenolic OH excluding ortho intramolecular Hbond substituents is 1. The molecule has 5 heterocycles. The summed E-state index contributed by atoms with van der Waals surface area (Å²) in [5.74, 6) is 1.65. The molecule has 1 N–H and O–H groups in total. The number of aromatic hydroxyl groups is 1. The maximum Gasteiger partial charge on any atom is 0.270 e. The predicted octanol–water partition coefficient (Wildman–Crippen LogP) is 2.83. The molecule has 2 saturated carbocycles. The van der Waals surface area contributed by atoms with E-state index in [1.165, 1.54) is 41.1 Å². The highest BCUT2D eigenvalue weighted by Crippen LogP contribution is 2.71. The molecule has 3 saturated heterocycles. The number of fused-ring (bicyclic) bond motifs is 3. The first kappa shape index (κ1) is 21.3. The Hall–Kier alpha value is -2.80. The number of hydrogen-bond acceptors (Lipinski definition) is 5. The maximum atomic E-state index is 14.0. The van der Waals surface area contributed by atoms with E-state index in [-0.39, 0.29) is 40.2 Å². The molecule has 4 bridgehead atoms. The lowest BCUT2D eigenvalue weighted by Crippen LogP contribution is -2.72. The molecule has 1 aromatic carbocycles. The lowest BCUT2D eigenvalue weighted by molar-refractivity contribution is -0.129. The van der Waals surface area contributed by atoms with Crippen LogP contribution >= 0.6 is 0 Å². The zero-order chi connectivity index (χ0) is 24.4. The van der Waals surface area contributed by atoms with E-state index < -0.39 is 0 Å². The molecular formula is C29H33N3O4. The van der Waals surface area contributed by atoms with Crippen molar-refractivity contribution in [2.45, 2.75) is 68.5 Å². The lowest BCUT2D eigenvalue weighted by Gasteiger charge is -2.66. The Kier molecular flexibility index (Phi) is 4.11. The van der Waals surface area contributed by atoms with E-state index in [9.17, 15) is 14.7 Å². The van der Waals surface area contributed by atoms with Crippen molar-refractivity contribution in [2.75, 3.05) is 19.6 Å². The molecule has 0 unspecified atom stereocenters. The maximum absolute atomic E-state index is 14.0. The lowest BCUT2D eigenvalue weighted by atomic mass is 9.42. The van der Waals surface area contributed by atoms with Crippen molar-refractivity contribution in [2.24, 2.45) is 18.4 Å². The Labute approximate surface area is 210 Å². The Bertz CT molecular complexity index is 1360. The zero-order valence-electron chi connectivity index (χ0n) is 20.8. The number of carbonyl (C=O) groups is 1. The highest BCUT2D eigenvalue weighted by Gasteiger charge is 2.74. The molecule has 2 spiro atoms. The first-order valence-corrected chi connectivity index (χ1v) is 13.7. The largest absolute Gasteiger partial charge is 0.504 e. The zero-order valence-corrected chi connectivity index (χ0v) is 20.8. The van der Waals surface area contributed by atoms with Crippen molar-refractivity contribution in [3.63, 3.8) is 0 Å². The molecule has 5 atom stereocenters. The van der Waals surface area contributed by atoms with Gasteiger partial charge in [-0.3, -0.25) is 14.5 Å². The molecule has 36 heavy (non-hydrogen) atoms. The van der Waals surface area contributed by atoms with Crippen LogP contribution in [0.2, 0.25) is 0 Å². The van der Waals surface area contributed by atoms with Gasteiger partial charge in [0.15, 0.2) is 11.5 Å². The number of carbonyl (C=O) groups excluding carboxylic acids is 1. The normalized spacial score (nSPS) is 35.8. The summed E-state index contributed by atoms with van der Waals surface area (Å²) in [6, 6.07) is 9.24. The molecule has 1 aromatic heterocycles. The molecule has 2 aromatic rings. The fraction of sp³-hybridized carbons (Fsp3) is 0.586. The predicted molar refractivity (Wildman–Crippen MR) is 133 cm³/mol. The summed E-state index contributed by atoms with van der Waals surface area (Å²) in [5, 5.41) is 10.9. The topological polar surface area (TPSA) is 75.0 Å². The van der Waals surface area contributed by atoms with Gasteiger partial charge in [0, 0.05) is 48.6 Å². The number of likely N-dealkylation sites (tertiary alicyclic amines) is 1. The number of ether oxygens (including phenoxy) is 1. The van der Waals surface area contributed by atoms with Crippen LogP contribution in [-0.2, 0) is 18.9 Å². The number of rotatable bonds is 3. The Morgan fingerprint density at radius 1 is 1.11 bits per heavy atom. The van der Waals surface area contributed by atoms with Crippen LogP contribution in [0.4, 0.5) is 0 Å². The summed E-state index contributed by atoms with van der Waals surface area (Å²) < 4.78 is 8.25. The van der Waals surface area contributed by atoms with Gasteiger partial charge in [0.2, 0.25) is 0 Å². The van der Waals surface area contributed by atoms with E-state index in [0.717, 1.165) is 44.6 Å². The van der Waals surface area contributed by atoms with Gasteiger partial charge in [-0.15, -0.1) is 0 Å². The standard InChI is InChI=1S/C29H33N3O4/c1-30-20(3-2-4-23(30)34)27(35)32-14-11-28-10-9-19(32)26-29(28)12-13-31(16-17-5-6-17)22(28)15-18-7-8-21(33)25(36-26)24(18)29/h2-4,7-8,17,19,22,26,33H,5-6,9-16H2,1H3/t19-,22-,26+,28-,29+/m1/s1. The molecule has 1 amide bonds. The van der Waals surface area contributed by atoms with Crippen molar-refractivity contribution < 1.29 is 14.6 Å². The molecule has 7 heteroatoms. The second kappa shape index (κ2) is 6.94. The second-order valence-corrected chi connectivity index (χ2v) is 12.2. The third kappa shape index (κ3) is 2.43. The summed E-state index contributed by atoms with van der Waals surface area (Å²) in [6.45, 7) is 2.93. The summed E-state index contributed by atoms with van der Waals surface area (Å²) >= 11 is 0. The van der Waals surface area contributed by atoms with Crippen molar-refractivity contribution in [1.82, 2.24) is 14.4 Å². The van der Waals surface area contributed by atoms with Crippen molar-refractivity contribution >= 4 is 5.91 Å². The molecule has 5 fully saturated rings. The fourth-order valence-corrected chi connectivity index (χ4v) is 9.17. The summed E-state index contributed by atoms with van der Waals surface area (Å²) in [7, 11) is 1.68. The van der Waals surface area contributed by atoms with Crippen LogP contribution in [0.5, 0.6) is 11.5 Å². The van der Waals surface area contributed by atoms with E-state index in [1.807, 2.05) is 4.90 Å². The number of hydrogen-bond donors (Lipinski definition) is 1. The summed E-state index contributed by atoms with van der Waals surface area (Å²) in [5.41, 5.74) is 2.71. The summed E-state index contributed by atoms with van der Waals surface area (Å²) in [4.78, 5) is 31.1. The number of aromatic nitrogens is 1. The van der Waals surface area contributed by atoms with Gasteiger partial charge in [-0.25, -0.2) is 0 Å². The molecule has 3 aliphatic carbocycles. The third-order valence-electron chi connectivity index (χ3n) is 10.9. The average Bonchev–Trinajstić information content (AvgIpc) is 3.66. The number of amides is 1. The molecule has 4 aliphatic heterocycles. The molecule has 188 valence electrons. The van der Waals surface area contributed by atoms with Crippen molar-refractivity contribution in [1.29, 1.82) is 0 Å². The van der Waals surface area contributed by atoms with Gasteiger partial charge in [0.05, 0.1) is 6.04 Å². The Morgan fingerprint density at radius 2 is 1.97 bits per heavy atom. The van der Waals surface area contributed by atoms with Gasteiger partial charge >= 0.3 is 0 Å². The van der Waals surface area contributed by atoms with Crippen LogP contribution in [0.3, 0.4) is 0 Å². The van der Waals surface area contributed by atoms with Gasteiger partial charge < -0.3 is 19.3 Å². The molecule has 7 aliphatic rings. The fourth-order valence-electron chi connectivity index (χ4n) is 9.17. The molecule has 7 nitrogen and oxygen atoms in total. The molecule has 0 radical (unpaired) electrons. The Morgan fingerprint density at radius 3 is 2.81 bits per heavy atom. The minimum absolute atomic E-state index is 0.0327. The van der Waals surface area contributed by atoms with Crippen LogP contribution in [0.25, 0.3) is 0 Å². The highest BCUT2D eigenvalue weighted by molar-refractivity contribution is 5.93. The number of nitrogens with zero attached hydrogens (tertiary/aromatic N) is 3. The van der Waals surface area contributed by atoms with E-state index in [0.29, 0.717) is 24.0 Å². The van der Waals surface area contributed by atoms with Crippen LogP contribution in [0, 0.1) is 11.3 Å². The van der Waals surface area contributed by atoms with Crippen LogP contribution in [0.1, 0.15) is 60.1 Å². The van der Waals surface area contributed by atoms with E-state index in [1.54, 1.807) is 25.2 Å². The minimum atomic E-state index is -0.170. The van der Waals surface area contributed by atoms with Crippen LogP contribution < -0.4 is 10.3 Å². The SMILES string of the molecule is Cn1c(C(=O)N2CC[C@@]34CC[C@@H]2[C@@H]2Oc5c(O)ccc6c5[C@@]23CCN(CC2CC2)[C@@H]4C6)cccc1=O. The number of piperidine rings is 1. The van der Waals surface area contributed by atoms with Gasteiger partial charge in [-0.1, -0.05) is 12.1 Å². The van der Waals surface area contributed by atoms with E-state index in [2.05, 4.69) is 11.0 Å². The average molecular weight is 488 g/mol. The third-order valence-corrected chi connectivity index (χ3v) is 10.9. The Balaban J connectivity index is 1.29. The van der Waals surface area contributed by atoms with Gasteiger partial charge in [0.25, 0.3) is 11.5 Å². The molecule has 9 rings (SSSR count). The monoisotopic (exact) mass is 487 g/mol. The van der Waals surface area contributed by atoms with Gasteiger partial charge in [-0.2, -0.15) is 0 Å². The van der Waals surface area contributed by atoms with E-state index in [4.69, 9.17) is 4.74 Å². The minimum Gasteiger partial charge on any atom is -0.504 e. The highest BCUT2D eigenvalue weighted by atomic mass is 16.5. The van der Waals surface area contributed by atoms with Gasteiger partial charge in [0.1, 0.15) is 11.8 Å². The summed E-state index contributed by atoms with van der Waals surface area (Å²) in [6.07, 6.45) is 7.48. The number of benzene rings is 1. The number of phenols is 1. The van der Waals surface area contributed by atoms with Crippen molar-refractivity contribution in [3.8, 4) is 11.5 Å².